The van der Waals surface area contributed by atoms with Crippen LogP contribution < -0.4 is 16.4 Å². The molecule has 5 rings (SSSR count). The van der Waals surface area contributed by atoms with E-state index in [2.05, 4.69) is 73.4 Å². The van der Waals surface area contributed by atoms with Gasteiger partial charge in [-0.2, -0.15) is 4.98 Å². The molecule has 0 bridgehead atoms. The minimum Gasteiger partial charge on any atom is -0.456 e. The highest BCUT2D eigenvalue weighted by Crippen LogP contribution is 2.46. The van der Waals surface area contributed by atoms with E-state index in [9.17, 15) is 4.79 Å². The molecule has 4 aromatic rings. The number of fused-ring (bicyclic) bond motifs is 1. The van der Waals surface area contributed by atoms with E-state index in [1.807, 2.05) is 37.3 Å². The molecule has 0 fully saturated rings. The molecule has 1 amide bonds. The van der Waals surface area contributed by atoms with Crippen LogP contribution in [0.15, 0.2) is 59.0 Å². The van der Waals surface area contributed by atoms with E-state index >= 15 is 0 Å². The number of nitrogens with one attached hydrogen (secondary N) is 2. The van der Waals surface area contributed by atoms with E-state index in [0.717, 1.165) is 22.6 Å². The summed E-state index contributed by atoms with van der Waals surface area (Å²) in [5.74, 6) is 1.82. The van der Waals surface area contributed by atoms with Crippen LogP contribution in [0.25, 0.3) is 0 Å². The predicted octanol–water partition coefficient (Wildman–Crippen LogP) is 6.75. The van der Waals surface area contributed by atoms with E-state index in [0.29, 0.717) is 31.1 Å². The number of furan rings is 1. The molecule has 7 nitrogen and oxygen atoms in total. The summed E-state index contributed by atoms with van der Waals surface area (Å²) in [5, 5.41) is 6.27. The third kappa shape index (κ3) is 6.45. The van der Waals surface area contributed by atoms with Gasteiger partial charge in [0.25, 0.3) is 5.91 Å². The number of hydrogen-bond acceptors (Lipinski definition) is 6. The maximum absolute atomic E-state index is 12.9. The Balaban J connectivity index is 1.21. The van der Waals surface area contributed by atoms with Gasteiger partial charge in [-0.15, -0.1) is 0 Å². The summed E-state index contributed by atoms with van der Waals surface area (Å²) in [5.41, 5.74) is 14.4. The molecule has 2 heterocycles. The zero-order valence-electron chi connectivity index (χ0n) is 25.0. The molecule has 4 N–H and O–H groups in total. The molecule has 214 valence electrons. The van der Waals surface area contributed by atoms with Gasteiger partial charge in [0.05, 0.1) is 0 Å². The van der Waals surface area contributed by atoms with E-state index in [1.54, 1.807) is 6.07 Å². The van der Waals surface area contributed by atoms with E-state index in [1.165, 1.54) is 35.1 Å². The number of carbonyl (C=O) groups excluding carboxylic acids is 1. The number of nitrogens with zero attached hydrogens (tertiary/aromatic N) is 2. The Morgan fingerprint density at radius 1 is 0.902 bits per heavy atom. The molecule has 0 radical (unpaired) electrons. The van der Waals surface area contributed by atoms with Crippen LogP contribution in [0.4, 0.5) is 11.8 Å². The van der Waals surface area contributed by atoms with Crippen LogP contribution in [-0.2, 0) is 30.3 Å². The van der Waals surface area contributed by atoms with Gasteiger partial charge in [0.1, 0.15) is 11.6 Å². The molecule has 2 aromatic heterocycles. The van der Waals surface area contributed by atoms with Crippen molar-refractivity contribution in [1.82, 2.24) is 15.3 Å². The smallest absolute Gasteiger partial charge is 0.287 e. The highest BCUT2D eigenvalue weighted by atomic mass is 16.3. The number of nitrogen functional groups attached to an aromatic ring is 1. The fourth-order valence-corrected chi connectivity index (χ4v) is 5.73. The number of benzene rings is 2. The van der Waals surface area contributed by atoms with E-state index in [-0.39, 0.29) is 22.7 Å². The second-order valence-corrected chi connectivity index (χ2v) is 12.6. The van der Waals surface area contributed by atoms with Crippen molar-refractivity contribution in [3.05, 3.63) is 105 Å². The molecule has 0 unspecified atom stereocenters. The number of hydrogen-bond donors (Lipinski definition) is 3. The third-order valence-electron chi connectivity index (χ3n) is 8.35. The summed E-state index contributed by atoms with van der Waals surface area (Å²) in [6.45, 7) is 14.4. The first-order valence-electron chi connectivity index (χ1n) is 14.3. The summed E-state index contributed by atoms with van der Waals surface area (Å²) in [6.07, 6.45) is 3.04. The van der Waals surface area contributed by atoms with Crippen LogP contribution in [-0.4, -0.2) is 15.9 Å². The van der Waals surface area contributed by atoms with Gasteiger partial charge in [-0.05, 0) is 83.0 Å². The highest BCUT2D eigenvalue weighted by molar-refractivity contribution is 5.91. The number of aromatic nitrogens is 2. The van der Waals surface area contributed by atoms with Crippen molar-refractivity contribution in [3.8, 4) is 0 Å². The first-order valence-corrected chi connectivity index (χ1v) is 14.3. The summed E-state index contributed by atoms with van der Waals surface area (Å²) >= 11 is 0. The van der Waals surface area contributed by atoms with Gasteiger partial charge in [0.15, 0.2) is 5.76 Å². The average molecular weight is 552 g/mol. The maximum atomic E-state index is 12.9. The first kappa shape index (κ1) is 28.4. The number of amides is 1. The summed E-state index contributed by atoms with van der Waals surface area (Å²) in [6, 6.07) is 18.3. The van der Waals surface area contributed by atoms with E-state index in [4.69, 9.17) is 10.2 Å². The van der Waals surface area contributed by atoms with Crippen molar-refractivity contribution in [2.45, 2.75) is 84.7 Å². The first-order chi connectivity index (χ1) is 19.4. The monoisotopic (exact) mass is 551 g/mol. The Bertz CT molecular complexity index is 1560. The molecule has 0 spiro atoms. The van der Waals surface area contributed by atoms with Gasteiger partial charge in [0, 0.05) is 31.3 Å². The van der Waals surface area contributed by atoms with Gasteiger partial charge in [-0.3, -0.25) is 4.79 Å². The number of carbonyl (C=O) groups is 1. The SMILES string of the molecule is Cc1cc(NCc2cccc(CNC(=O)c3ccc(Cc4cc5c(cc4C)C(C)(C)CCC5(C)C)o3)c2)nc(N)n1. The minimum atomic E-state index is -0.225. The summed E-state index contributed by atoms with van der Waals surface area (Å²) in [7, 11) is 0. The standard InChI is InChI=1S/C34H41N5O2/c1-21-14-27-28(34(5,6)13-12-33(27,3)4)18-25(21)17-26-10-11-29(41-26)31(40)37-20-24-9-7-8-23(16-24)19-36-30-15-22(2)38-32(35)39-30/h7-11,14-16,18H,12-13,17,19-20H2,1-6H3,(H,37,40)(H3,35,36,38,39). The molecule has 1 aliphatic rings. The minimum absolute atomic E-state index is 0.151. The van der Waals surface area contributed by atoms with Crippen molar-refractivity contribution in [2.75, 3.05) is 11.1 Å². The summed E-state index contributed by atoms with van der Waals surface area (Å²) in [4.78, 5) is 21.2. The van der Waals surface area contributed by atoms with Gasteiger partial charge in [-0.1, -0.05) is 64.1 Å². The lowest BCUT2D eigenvalue weighted by molar-refractivity contribution is 0.0921. The molecule has 7 heteroatoms. The van der Waals surface area contributed by atoms with Gasteiger partial charge in [-0.25, -0.2) is 4.98 Å². The van der Waals surface area contributed by atoms with Crippen LogP contribution in [0.5, 0.6) is 0 Å². The van der Waals surface area contributed by atoms with E-state index < -0.39 is 0 Å². The lowest BCUT2D eigenvalue weighted by Crippen LogP contribution is -2.34. The zero-order chi connectivity index (χ0) is 29.4. The second kappa shape index (κ2) is 11.0. The van der Waals surface area contributed by atoms with Crippen LogP contribution in [0.2, 0.25) is 0 Å². The molecule has 1 aliphatic carbocycles. The fourth-order valence-electron chi connectivity index (χ4n) is 5.73. The van der Waals surface area contributed by atoms with Crippen LogP contribution in [0.3, 0.4) is 0 Å². The van der Waals surface area contributed by atoms with Gasteiger partial charge >= 0.3 is 0 Å². The maximum Gasteiger partial charge on any atom is 0.287 e. The fraction of sp³-hybridized carbons (Fsp3) is 0.382. The van der Waals surface area contributed by atoms with Crippen molar-refractivity contribution in [1.29, 1.82) is 0 Å². The lowest BCUT2D eigenvalue weighted by Gasteiger charge is -2.42. The number of anilines is 2. The van der Waals surface area contributed by atoms with Crippen molar-refractivity contribution in [2.24, 2.45) is 0 Å². The highest BCUT2D eigenvalue weighted by Gasteiger charge is 2.37. The molecule has 0 saturated carbocycles. The van der Waals surface area contributed by atoms with Crippen LogP contribution in [0.1, 0.15) is 95.9 Å². The Kier molecular flexibility index (Phi) is 7.64. The van der Waals surface area contributed by atoms with Crippen molar-refractivity contribution >= 4 is 17.7 Å². The van der Waals surface area contributed by atoms with Crippen molar-refractivity contribution in [3.63, 3.8) is 0 Å². The Hall–Kier alpha value is -4.13. The molecule has 2 aromatic carbocycles. The second-order valence-electron chi connectivity index (χ2n) is 12.6. The quantitative estimate of drug-likeness (QED) is 0.224. The van der Waals surface area contributed by atoms with Crippen LogP contribution in [0, 0.1) is 13.8 Å². The van der Waals surface area contributed by atoms with Gasteiger partial charge < -0.3 is 20.8 Å². The number of rotatable bonds is 8. The predicted molar refractivity (Wildman–Crippen MR) is 164 cm³/mol. The molecule has 0 saturated heterocycles. The number of aryl methyl sites for hydroxylation is 2. The Labute approximate surface area is 243 Å². The van der Waals surface area contributed by atoms with Crippen LogP contribution >= 0.6 is 0 Å². The van der Waals surface area contributed by atoms with Gasteiger partial charge in [0.2, 0.25) is 5.95 Å². The molecule has 0 atom stereocenters. The average Bonchev–Trinajstić information content (AvgIpc) is 3.38. The molecular formula is C34H41N5O2. The topological polar surface area (TPSA) is 106 Å². The normalized spacial score (nSPS) is 15.3. The Morgan fingerprint density at radius 3 is 2.29 bits per heavy atom. The largest absolute Gasteiger partial charge is 0.456 e. The Morgan fingerprint density at radius 2 is 1.59 bits per heavy atom. The zero-order valence-corrected chi connectivity index (χ0v) is 25.0. The molecule has 41 heavy (non-hydrogen) atoms. The third-order valence-corrected chi connectivity index (χ3v) is 8.35. The summed E-state index contributed by atoms with van der Waals surface area (Å²) < 4.78 is 6.02. The molecular weight excluding hydrogens is 510 g/mol. The molecule has 0 aliphatic heterocycles. The van der Waals surface area contributed by atoms with Crippen molar-refractivity contribution < 1.29 is 9.21 Å². The lowest BCUT2D eigenvalue weighted by atomic mass is 9.62. The number of nitrogens with two attached hydrogens (primary N) is 1.